The summed E-state index contributed by atoms with van der Waals surface area (Å²) in [6.45, 7) is 8.24. The first-order chi connectivity index (χ1) is 14.1. The van der Waals surface area contributed by atoms with Crippen LogP contribution in [0.2, 0.25) is 5.02 Å². The fraction of sp³-hybridized carbons (Fsp3) is 0.273. The number of aromatic nitrogens is 2. The molecule has 1 amide bonds. The van der Waals surface area contributed by atoms with Gasteiger partial charge in [0.15, 0.2) is 10.1 Å². The molecule has 0 saturated carbocycles. The van der Waals surface area contributed by atoms with Crippen molar-refractivity contribution in [1.29, 1.82) is 0 Å². The van der Waals surface area contributed by atoms with Crippen LogP contribution >= 0.6 is 34.7 Å². The second kappa shape index (κ2) is 9.29. The third kappa shape index (κ3) is 5.68. The molecule has 3 aromatic rings. The Morgan fingerprint density at radius 2 is 1.73 bits per heavy atom. The molecule has 0 radical (unpaired) electrons. The standard InChI is InChI=1S/C22H22ClN3O2S2/c1-13-11-15(7-10-17(13)23)18(27)12-29-21-26-25-20(30-21)24-19(28)14-5-8-16(9-6-14)22(2,3)4/h5-11H,12H2,1-4H3,(H,24,25,28). The number of thioether (sulfide) groups is 1. The third-order valence-electron chi connectivity index (χ3n) is 4.45. The van der Waals surface area contributed by atoms with E-state index in [-0.39, 0.29) is 22.9 Å². The minimum Gasteiger partial charge on any atom is -0.296 e. The number of anilines is 1. The van der Waals surface area contributed by atoms with E-state index in [4.69, 9.17) is 11.6 Å². The quantitative estimate of drug-likeness (QED) is 0.277. The zero-order chi connectivity index (χ0) is 21.9. The first-order valence-electron chi connectivity index (χ1n) is 9.31. The Bertz CT molecular complexity index is 1070. The molecule has 156 valence electrons. The summed E-state index contributed by atoms with van der Waals surface area (Å²) < 4.78 is 0.618. The molecule has 0 aliphatic carbocycles. The van der Waals surface area contributed by atoms with Crippen LogP contribution in [0.25, 0.3) is 0 Å². The van der Waals surface area contributed by atoms with E-state index in [0.717, 1.165) is 11.1 Å². The Balaban J connectivity index is 1.57. The van der Waals surface area contributed by atoms with Crippen LogP contribution in [0.4, 0.5) is 5.13 Å². The molecule has 3 rings (SSSR count). The number of hydrogen-bond acceptors (Lipinski definition) is 6. The number of benzene rings is 2. The Morgan fingerprint density at radius 1 is 1.07 bits per heavy atom. The first-order valence-corrected chi connectivity index (χ1v) is 11.5. The van der Waals surface area contributed by atoms with Gasteiger partial charge in [-0.05, 0) is 53.8 Å². The second-order valence-electron chi connectivity index (χ2n) is 7.83. The van der Waals surface area contributed by atoms with Gasteiger partial charge in [0.25, 0.3) is 5.91 Å². The zero-order valence-electron chi connectivity index (χ0n) is 17.2. The van der Waals surface area contributed by atoms with Crippen LogP contribution in [-0.4, -0.2) is 27.6 Å². The number of rotatable bonds is 6. The highest BCUT2D eigenvalue weighted by Gasteiger charge is 2.16. The Morgan fingerprint density at radius 3 is 2.37 bits per heavy atom. The molecule has 30 heavy (non-hydrogen) atoms. The SMILES string of the molecule is Cc1cc(C(=O)CSc2nnc(NC(=O)c3ccc(C(C)(C)C)cc3)s2)ccc1Cl. The summed E-state index contributed by atoms with van der Waals surface area (Å²) in [5.74, 6) is -0.0202. The first kappa shape index (κ1) is 22.5. The van der Waals surface area contributed by atoms with Gasteiger partial charge in [0.1, 0.15) is 0 Å². The summed E-state index contributed by atoms with van der Waals surface area (Å²) >= 11 is 8.54. The predicted octanol–water partition coefficient (Wildman–Crippen LogP) is 6.02. The lowest BCUT2D eigenvalue weighted by atomic mass is 9.87. The second-order valence-corrected chi connectivity index (χ2v) is 10.4. The van der Waals surface area contributed by atoms with Gasteiger partial charge in [0.05, 0.1) is 5.75 Å². The van der Waals surface area contributed by atoms with Crippen LogP contribution in [-0.2, 0) is 5.41 Å². The van der Waals surface area contributed by atoms with Crippen molar-refractivity contribution in [2.75, 3.05) is 11.1 Å². The van der Waals surface area contributed by atoms with Crippen molar-refractivity contribution in [3.8, 4) is 0 Å². The molecule has 0 atom stereocenters. The molecule has 0 bridgehead atoms. The topological polar surface area (TPSA) is 72.0 Å². The summed E-state index contributed by atoms with van der Waals surface area (Å²) in [4.78, 5) is 24.8. The zero-order valence-corrected chi connectivity index (χ0v) is 19.5. The maximum absolute atomic E-state index is 12.5. The highest BCUT2D eigenvalue weighted by molar-refractivity contribution is 8.01. The molecule has 1 aromatic heterocycles. The van der Waals surface area contributed by atoms with E-state index in [1.54, 1.807) is 30.3 Å². The lowest BCUT2D eigenvalue weighted by Gasteiger charge is -2.18. The number of ketones is 1. The van der Waals surface area contributed by atoms with Gasteiger partial charge in [0, 0.05) is 16.1 Å². The molecule has 1 heterocycles. The molecule has 0 aliphatic rings. The summed E-state index contributed by atoms with van der Waals surface area (Å²) in [5, 5.41) is 11.9. The fourth-order valence-corrected chi connectivity index (χ4v) is 4.40. The molecule has 1 N–H and O–H groups in total. The summed E-state index contributed by atoms with van der Waals surface area (Å²) in [6.07, 6.45) is 0. The molecule has 5 nitrogen and oxygen atoms in total. The number of Topliss-reactive ketones (excluding diaryl/α,β-unsaturated/α-hetero) is 1. The van der Waals surface area contributed by atoms with Gasteiger partial charge < -0.3 is 0 Å². The minimum absolute atomic E-state index is 0.0144. The van der Waals surface area contributed by atoms with E-state index < -0.39 is 0 Å². The molecule has 0 saturated heterocycles. The van der Waals surface area contributed by atoms with Crippen LogP contribution in [0.1, 0.15) is 52.6 Å². The monoisotopic (exact) mass is 459 g/mol. The average Bonchev–Trinajstić information content (AvgIpc) is 3.15. The van der Waals surface area contributed by atoms with Gasteiger partial charge in [-0.2, -0.15) is 0 Å². The molecule has 8 heteroatoms. The number of carbonyl (C=O) groups excluding carboxylic acids is 2. The van der Waals surface area contributed by atoms with E-state index in [9.17, 15) is 9.59 Å². The van der Waals surface area contributed by atoms with Gasteiger partial charge in [-0.1, -0.05) is 67.6 Å². The fourth-order valence-electron chi connectivity index (χ4n) is 2.64. The van der Waals surface area contributed by atoms with Crippen molar-refractivity contribution in [2.24, 2.45) is 0 Å². The van der Waals surface area contributed by atoms with E-state index in [0.29, 0.717) is 25.6 Å². The van der Waals surface area contributed by atoms with Gasteiger partial charge in [-0.15, -0.1) is 10.2 Å². The Labute approximate surface area is 189 Å². The molecule has 0 spiro atoms. The third-order valence-corrected chi connectivity index (χ3v) is 6.84. The summed E-state index contributed by atoms with van der Waals surface area (Å²) in [6, 6.07) is 12.7. The van der Waals surface area contributed by atoms with Gasteiger partial charge in [-0.25, -0.2) is 0 Å². The normalized spacial score (nSPS) is 11.4. The van der Waals surface area contributed by atoms with E-state index in [1.807, 2.05) is 19.1 Å². The van der Waals surface area contributed by atoms with Crippen molar-refractivity contribution < 1.29 is 9.59 Å². The van der Waals surface area contributed by atoms with Crippen LogP contribution < -0.4 is 5.32 Å². The van der Waals surface area contributed by atoms with Gasteiger partial charge in [-0.3, -0.25) is 14.9 Å². The summed E-state index contributed by atoms with van der Waals surface area (Å²) in [7, 11) is 0. The maximum Gasteiger partial charge on any atom is 0.257 e. The highest BCUT2D eigenvalue weighted by atomic mass is 35.5. The molecule has 2 aromatic carbocycles. The molecular formula is C22H22ClN3O2S2. The van der Waals surface area contributed by atoms with Crippen LogP contribution in [0.5, 0.6) is 0 Å². The summed E-state index contributed by atoms with van der Waals surface area (Å²) in [5.41, 5.74) is 3.22. The van der Waals surface area contributed by atoms with E-state index in [1.165, 1.54) is 23.1 Å². The number of nitrogens with zero attached hydrogens (tertiary/aromatic N) is 2. The minimum atomic E-state index is -0.240. The highest BCUT2D eigenvalue weighted by Crippen LogP contribution is 2.27. The van der Waals surface area contributed by atoms with Gasteiger partial charge in [0.2, 0.25) is 5.13 Å². The van der Waals surface area contributed by atoms with Gasteiger partial charge >= 0.3 is 0 Å². The Kier molecular flexibility index (Phi) is 6.95. The average molecular weight is 460 g/mol. The van der Waals surface area contributed by atoms with Crippen LogP contribution in [0, 0.1) is 6.92 Å². The molecule has 0 fully saturated rings. The number of halogens is 1. The van der Waals surface area contributed by atoms with Crippen LogP contribution in [0.15, 0.2) is 46.8 Å². The van der Waals surface area contributed by atoms with Crippen molar-refractivity contribution in [3.05, 3.63) is 69.7 Å². The number of hydrogen-bond donors (Lipinski definition) is 1. The van der Waals surface area contributed by atoms with Crippen molar-refractivity contribution in [1.82, 2.24) is 10.2 Å². The smallest absolute Gasteiger partial charge is 0.257 e. The van der Waals surface area contributed by atoms with E-state index >= 15 is 0 Å². The van der Waals surface area contributed by atoms with Crippen LogP contribution in [0.3, 0.4) is 0 Å². The number of carbonyl (C=O) groups is 2. The lowest BCUT2D eigenvalue weighted by Crippen LogP contribution is -2.14. The van der Waals surface area contributed by atoms with E-state index in [2.05, 4.69) is 36.3 Å². The number of amides is 1. The lowest BCUT2D eigenvalue weighted by molar-refractivity contribution is 0.101. The van der Waals surface area contributed by atoms with Crippen molar-refractivity contribution in [2.45, 2.75) is 37.4 Å². The maximum atomic E-state index is 12.5. The van der Waals surface area contributed by atoms with Crippen molar-refractivity contribution >= 4 is 51.5 Å². The molecular weight excluding hydrogens is 438 g/mol. The largest absolute Gasteiger partial charge is 0.296 e. The predicted molar refractivity (Wildman–Crippen MR) is 124 cm³/mol. The Hall–Kier alpha value is -2.22. The van der Waals surface area contributed by atoms with Crippen molar-refractivity contribution in [3.63, 3.8) is 0 Å². The number of aryl methyl sites for hydroxylation is 1. The molecule has 0 unspecified atom stereocenters. The number of nitrogens with one attached hydrogen (secondary N) is 1. The molecule has 0 aliphatic heterocycles.